The molecule has 0 aromatic carbocycles. The quantitative estimate of drug-likeness (QED) is 0.0278. The lowest BCUT2D eigenvalue weighted by molar-refractivity contribution is -0.870. The average Bonchev–Trinajstić information content (AvgIpc) is 3.34. The molecule has 0 heterocycles. The third-order valence-electron chi connectivity index (χ3n) is 14.4. The standard InChI is InChI=1S/C62H121NO8/c1-6-8-10-12-14-16-18-20-22-24-26-28-29-30-31-33-35-37-39-41-43-45-47-49-51-53-60(65)71-58(57-70-62(61(66)67)68-55-54-63(3,4)5)56-69-59(64)52-50-48-46-44-42-40-38-36-34-32-27-25-23-21-19-17-15-13-11-9-7-2/h58,62H,6-57H2,1-5H3/p+1. The third kappa shape index (κ3) is 55.9. The highest BCUT2D eigenvalue weighted by molar-refractivity contribution is 5.71. The first-order valence-electron chi connectivity index (χ1n) is 31.2. The van der Waals surface area contributed by atoms with E-state index in [0.717, 1.165) is 38.5 Å². The summed E-state index contributed by atoms with van der Waals surface area (Å²) >= 11 is 0. The van der Waals surface area contributed by atoms with E-state index < -0.39 is 18.4 Å². The fourth-order valence-corrected chi connectivity index (χ4v) is 9.55. The van der Waals surface area contributed by atoms with Crippen molar-refractivity contribution < 1.29 is 42.9 Å². The molecule has 9 nitrogen and oxygen atoms in total. The van der Waals surface area contributed by atoms with E-state index in [9.17, 15) is 19.5 Å². The molecule has 0 saturated heterocycles. The zero-order valence-corrected chi connectivity index (χ0v) is 48.2. The Morgan fingerprint density at radius 2 is 0.634 bits per heavy atom. The highest BCUT2D eigenvalue weighted by Gasteiger charge is 2.25. The monoisotopic (exact) mass is 1010 g/mol. The SMILES string of the molecule is CCCCCCCCCCCCCCCCCCCCCCCCCCCC(=O)OC(COC(=O)CCCCCCCCCCCCCCCCCCCCCCC)COC(OCC[N+](C)(C)C)C(=O)O. The van der Waals surface area contributed by atoms with Crippen LogP contribution in [-0.4, -0.2) is 87.4 Å². The normalized spacial score (nSPS) is 12.6. The maximum absolute atomic E-state index is 12.9. The number of carboxylic acid groups (broad SMARTS) is 1. The van der Waals surface area contributed by atoms with Gasteiger partial charge in [0.15, 0.2) is 6.10 Å². The minimum atomic E-state index is -1.50. The molecular formula is C62H122NO8+. The summed E-state index contributed by atoms with van der Waals surface area (Å²) in [4.78, 5) is 37.5. The van der Waals surface area contributed by atoms with Crippen molar-refractivity contribution in [1.82, 2.24) is 0 Å². The number of unbranched alkanes of at least 4 members (excludes halogenated alkanes) is 44. The van der Waals surface area contributed by atoms with E-state index in [0.29, 0.717) is 17.4 Å². The molecule has 2 atom stereocenters. The molecule has 9 heteroatoms. The van der Waals surface area contributed by atoms with Crippen LogP contribution in [0.25, 0.3) is 0 Å². The zero-order chi connectivity index (χ0) is 52.0. The Hall–Kier alpha value is -1.71. The van der Waals surface area contributed by atoms with Crippen LogP contribution in [0, 0.1) is 0 Å². The van der Waals surface area contributed by atoms with E-state index in [1.807, 2.05) is 21.1 Å². The fourth-order valence-electron chi connectivity index (χ4n) is 9.55. The summed E-state index contributed by atoms with van der Waals surface area (Å²) in [7, 11) is 5.99. The number of quaternary nitrogens is 1. The summed E-state index contributed by atoms with van der Waals surface area (Å²) in [5, 5.41) is 9.71. The highest BCUT2D eigenvalue weighted by atomic mass is 16.7. The van der Waals surface area contributed by atoms with Crippen molar-refractivity contribution in [1.29, 1.82) is 0 Å². The van der Waals surface area contributed by atoms with Crippen LogP contribution in [0.4, 0.5) is 0 Å². The Morgan fingerprint density at radius 3 is 0.901 bits per heavy atom. The lowest BCUT2D eigenvalue weighted by Gasteiger charge is -2.25. The molecule has 0 radical (unpaired) electrons. The van der Waals surface area contributed by atoms with E-state index in [4.69, 9.17) is 18.9 Å². The van der Waals surface area contributed by atoms with Crippen LogP contribution >= 0.6 is 0 Å². The van der Waals surface area contributed by atoms with Gasteiger partial charge in [-0.1, -0.05) is 296 Å². The lowest BCUT2D eigenvalue weighted by atomic mass is 10.0. The summed E-state index contributed by atoms with van der Waals surface area (Å²) < 4.78 is 22.9. The molecule has 0 spiro atoms. The second-order valence-corrected chi connectivity index (χ2v) is 22.7. The Bertz CT molecular complexity index is 1130. The Morgan fingerprint density at radius 1 is 0.366 bits per heavy atom. The lowest BCUT2D eigenvalue weighted by Crippen LogP contribution is -2.40. The van der Waals surface area contributed by atoms with Gasteiger partial charge in [0.1, 0.15) is 13.2 Å². The number of hydrogen-bond acceptors (Lipinski definition) is 7. The molecule has 0 amide bonds. The van der Waals surface area contributed by atoms with Gasteiger partial charge in [-0.05, 0) is 12.8 Å². The topological polar surface area (TPSA) is 108 Å². The molecule has 0 rings (SSSR count). The maximum atomic E-state index is 12.9. The van der Waals surface area contributed by atoms with Gasteiger partial charge in [-0.2, -0.15) is 0 Å². The van der Waals surface area contributed by atoms with Gasteiger partial charge in [-0.15, -0.1) is 0 Å². The maximum Gasteiger partial charge on any atom is 0.361 e. The minimum Gasteiger partial charge on any atom is -0.477 e. The summed E-state index contributed by atoms with van der Waals surface area (Å²) in [5.41, 5.74) is 0. The smallest absolute Gasteiger partial charge is 0.361 e. The van der Waals surface area contributed by atoms with Crippen molar-refractivity contribution in [2.75, 3.05) is 47.5 Å². The Balaban J connectivity index is 4.13. The molecule has 1 N–H and O–H groups in total. The second kappa shape index (κ2) is 54.5. The number of carbonyl (C=O) groups excluding carboxylic acids is 2. The van der Waals surface area contributed by atoms with Gasteiger partial charge >= 0.3 is 17.9 Å². The molecule has 2 unspecified atom stereocenters. The van der Waals surface area contributed by atoms with E-state index in [1.54, 1.807) is 0 Å². The van der Waals surface area contributed by atoms with Crippen LogP contribution < -0.4 is 0 Å². The molecule has 422 valence electrons. The number of rotatable bonds is 59. The first-order chi connectivity index (χ1) is 34.6. The van der Waals surface area contributed by atoms with Crippen molar-refractivity contribution in [3.63, 3.8) is 0 Å². The Labute approximate surface area is 441 Å². The molecule has 0 saturated carbocycles. The molecule has 0 fully saturated rings. The van der Waals surface area contributed by atoms with Crippen molar-refractivity contribution in [2.24, 2.45) is 0 Å². The number of carboxylic acids is 1. The summed E-state index contributed by atoms with van der Waals surface area (Å²) in [6.45, 7) is 4.96. The zero-order valence-electron chi connectivity index (χ0n) is 48.2. The number of esters is 2. The second-order valence-electron chi connectivity index (χ2n) is 22.7. The van der Waals surface area contributed by atoms with E-state index in [1.165, 1.54) is 257 Å². The minimum absolute atomic E-state index is 0.172. The highest BCUT2D eigenvalue weighted by Crippen LogP contribution is 2.19. The molecule has 0 bridgehead atoms. The molecule has 0 aromatic rings. The molecule has 0 aliphatic carbocycles. The van der Waals surface area contributed by atoms with Crippen LogP contribution in [0.5, 0.6) is 0 Å². The van der Waals surface area contributed by atoms with Crippen molar-refractivity contribution in [3.05, 3.63) is 0 Å². The van der Waals surface area contributed by atoms with Gasteiger partial charge in [0.25, 0.3) is 6.29 Å². The molecule has 0 aliphatic rings. The summed E-state index contributed by atoms with van der Waals surface area (Å²) in [6.07, 6.45) is 59.0. The van der Waals surface area contributed by atoms with Gasteiger partial charge in [-0.3, -0.25) is 9.59 Å². The van der Waals surface area contributed by atoms with Crippen molar-refractivity contribution in [2.45, 2.75) is 334 Å². The van der Waals surface area contributed by atoms with Crippen LogP contribution in [0.1, 0.15) is 322 Å². The van der Waals surface area contributed by atoms with Gasteiger partial charge in [0.2, 0.25) is 0 Å². The summed E-state index contributed by atoms with van der Waals surface area (Å²) in [5.74, 6) is -1.97. The van der Waals surface area contributed by atoms with Crippen LogP contribution in [0.2, 0.25) is 0 Å². The third-order valence-corrected chi connectivity index (χ3v) is 14.4. The van der Waals surface area contributed by atoms with Crippen LogP contribution in [0.3, 0.4) is 0 Å². The first-order valence-corrected chi connectivity index (χ1v) is 31.2. The number of aliphatic carboxylic acids is 1. The van der Waals surface area contributed by atoms with Crippen molar-refractivity contribution >= 4 is 17.9 Å². The largest absolute Gasteiger partial charge is 0.477 e. The molecule has 0 aliphatic heterocycles. The number of ether oxygens (including phenoxy) is 4. The predicted octanol–water partition coefficient (Wildman–Crippen LogP) is 18.4. The van der Waals surface area contributed by atoms with Crippen LogP contribution in [-0.2, 0) is 33.3 Å². The number of carbonyl (C=O) groups is 3. The van der Waals surface area contributed by atoms with Gasteiger partial charge in [-0.25, -0.2) is 4.79 Å². The fraction of sp³-hybridized carbons (Fsp3) is 0.952. The van der Waals surface area contributed by atoms with E-state index in [2.05, 4.69) is 13.8 Å². The summed E-state index contributed by atoms with van der Waals surface area (Å²) in [6, 6.07) is 0. The van der Waals surface area contributed by atoms with Crippen LogP contribution in [0.15, 0.2) is 0 Å². The molecule has 71 heavy (non-hydrogen) atoms. The van der Waals surface area contributed by atoms with E-state index in [-0.39, 0.29) is 38.2 Å². The Kier molecular flexibility index (Phi) is 53.2. The van der Waals surface area contributed by atoms with Gasteiger partial charge in [0, 0.05) is 12.8 Å². The number of likely N-dealkylation sites (N-methyl/N-ethyl adjacent to an activating group) is 1. The molecular weight excluding hydrogens is 887 g/mol. The van der Waals surface area contributed by atoms with Gasteiger partial charge < -0.3 is 28.5 Å². The van der Waals surface area contributed by atoms with Gasteiger partial charge in [0.05, 0.1) is 34.4 Å². The predicted molar refractivity (Wildman–Crippen MR) is 300 cm³/mol. The molecule has 0 aromatic heterocycles. The number of hydrogen-bond donors (Lipinski definition) is 1. The first kappa shape index (κ1) is 69.3. The number of nitrogens with zero attached hydrogens (tertiary/aromatic N) is 1. The average molecular weight is 1010 g/mol. The van der Waals surface area contributed by atoms with E-state index >= 15 is 0 Å². The van der Waals surface area contributed by atoms with Crippen molar-refractivity contribution in [3.8, 4) is 0 Å².